The Bertz CT molecular complexity index is 582. The van der Waals surface area contributed by atoms with E-state index in [-0.39, 0.29) is 11.9 Å². The van der Waals surface area contributed by atoms with Gasteiger partial charge in [0.05, 0.1) is 7.11 Å². The Morgan fingerprint density at radius 1 is 1.14 bits per heavy atom. The van der Waals surface area contributed by atoms with Gasteiger partial charge >= 0.3 is 0 Å². The van der Waals surface area contributed by atoms with Crippen molar-refractivity contribution in [3.63, 3.8) is 0 Å². The molecule has 0 fully saturated rings. The topological polar surface area (TPSA) is 44.5 Å². The summed E-state index contributed by atoms with van der Waals surface area (Å²) in [5, 5.41) is 0. The zero-order valence-electron chi connectivity index (χ0n) is 12.3. The summed E-state index contributed by atoms with van der Waals surface area (Å²) in [6.45, 7) is 2.33. The van der Waals surface area contributed by atoms with Crippen molar-refractivity contribution in [2.24, 2.45) is 5.73 Å². The summed E-state index contributed by atoms with van der Waals surface area (Å²) in [7, 11) is 1.62. The molecule has 2 N–H and O–H groups in total. The van der Waals surface area contributed by atoms with E-state index in [4.69, 9.17) is 15.2 Å². The molecule has 0 aliphatic carbocycles. The Hall–Kier alpha value is -2.07. The van der Waals surface area contributed by atoms with Gasteiger partial charge in [0.2, 0.25) is 0 Å². The molecule has 0 saturated carbocycles. The third-order valence-electron chi connectivity index (χ3n) is 3.12. The second kappa shape index (κ2) is 7.09. The van der Waals surface area contributed by atoms with Crippen LogP contribution in [0.5, 0.6) is 11.5 Å². The van der Waals surface area contributed by atoms with E-state index in [0.717, 1.165) is 29.0 Å². The molecule has 0 heterocycles. The normalized spacial score (nSPS) is 12.0. The van der Waals surface area contributed by atoms with Gasteiger partial charge in [0.1, 0.15) is 23.9 Å². The molecular formula is C17H20FNO2. The lowest BCUT2D eigenvalue weighted by Gasteiger charge is -2.14. The smallest absolute Gasteiger partial charge is 0.126 e. The van der Waals surface area contributed by atoms with Crippen molar-refractivity contribution in [2.75, 3.05) is 7.11 Å². The zero-order valence-corrected chi connectivity index (χ0v) is 12.3. The fourth-order valence-corrected chi connectivity index (χ4v) is 2.05. The summed E-state index contributed by atoms with van der Waals surface area (Å²) >= 11 is 0. The summed E-state index contributed by atoms with van der Waals surface area (Å²) in [5.41, 5.74) is 7.80. The first kappa shape index (κ1) is 15.3. The molecule has 0 spiro atoms. The van der Waals surface area contributed by atoms with E-state index in [0.29, 0.717) is 6.61 Å². The van der Waals surface area contributed by atoms with Gasteiger partial charge in [-0.15, -0.1) is 0 Å². The van der Waals surface area contributed by atoms with Crippen molar-refractivity contribution >= 4 is 0 Å². The van der Waals surface area contributed by atoms with Crippen LogP contribution in [-0.2, 0) is 13.0 Å². The molecule has 0 bridgehead atoms. The van der Waals surface area contributed by atoms with Crippen LogP contribution in [0.4, 0.5) is 4.39 Å². The fourth-order valence-electron chi connectivity index (χ4n) is 2.05. The van der Waals surface area contributed by atoms with Gasteiger partial charge in [-0.25, -0.2) is 4.39 Å². The first-order valence-electron chi connectivity index (χ1n) is 6.88. The van der Waals surface area contributed by atoms with Crippen LogP contribution in [0.2, 0.25) is 0 Å². The van der Waals surface area contributed by atoms with Crippen LogP contribution in [0.1, 0.15) is 18.1 Å². The highest BCUT2D eigenvalue weighted by Gasteiger charge is 2.08. The maximum Gasteiger partial charge on any atom is 0.126 e. The predicted molar refractivity (Wildman–Crippen MR) is 81.1 cm³/mol. The van der Waals surface area contributed by atoms with E-state index in [9.17, 15) is 4.39 Å². The number of benzene rings is 2. The molecule has 2 aromatic rings. The molecule has 1 unspecified atom stereocenters. The Morgan fingerprint density at radius 3 is 2.48 bits per heavy atom. The maximum atomic E-state index is 12.9. The second-order valence-electron chi connectivity index (χ2n) is 5.07. The second-order valence-corrected chi connectivity index (χ2v) is 5.07. The molecule has 2 rings (SSSR count). The van der Waals surface area contributed by atoms with Crippen molar-refractivity contribution in [3.8, 4) is 11.5 Å². The number of hydrogen-bond acceptors (Lipinski definition) is 3. The zero-order chi connectivity index (χ0) is 15.2. The molecule has 0 aliphatic rings. The number of hydrogen-bond donors (Lipinski definition) is 1. The molecule has 0 amide bonds. The highest BCUT2D eigenvalue weighted by Crippen LogP contribution is 2.26. The summed E-state index contributed by atoms with van der Waals surface area (Å²) < 4.78 is 24.0. The van der Waals surface area contributed by atoms with Crippen LogP contribution >= 0.6 is 0 Å². The molecule has 0 aliphatic heterocycles. The lowest BCUT2D eigenvalue weighted by Crippen LogP contribution is -2.18. The Balaban J connectivity index is 2.14. The van der Waals surface area contributed by atoms with Crippen molar-refractivity contribution in [2.45, 2.75) is 26.0 Å². The van der Waals surface area contributed by atoms with Gasteiger partial charge in [-0.1, -0.05) is 18.2 Å². The van der Waals surface area contributed by atoms with Crippen LogP contribution in [0.3, 0.4) is 0 Å². The fraction of sp³-hybridized carbons (Fsp3) is 0.294. The van der Waals surface area contributed by atoms with Gasteiger partial charge in [0.25, 0.3) is 0 Å². The maximum absolute atomic E-state index is 12.9. The summed E-state index contributed by atoms with van der Waals surface area (Å²) in [6.07, 6.45) is 0.725. The monoisotopic (exact) mass is 289 g/mol. The lowest BCUT2D eigenvalue weighted by molar-refractivity contribution is 0.299. The number of ether oxygens (including phenoxy) is 2. The van der Waals surface area contributed by atoms with Crippen molar-refractivity contribution in [3.05, 3.63) is 59.4 Å². The first-order chi connectivity index (χ1) is 10.1. The third-order valence-corrected chi connectivity index (χ3v) is 3.12. The van der Waals surface area contributed by atoms with Crippen LogP contribution in [-0.4, -0.2) is 13.2 Å². The minimum atomic E-state index is -0.252. The van der Waals surface area contributed by atoms with E-state index < -0.39 is 0 Å². The molecule has 112 valence electrons. The van der Waals surface area contributed by atoms with Crippen molar-refractivity contribution in [1.29, 1.82) is 0 Å². The largest absolute Gasteiger partial charge is 0.497 e. The number of methoxy groups -OCH3 is 1. The van der Waals surface area contributed by atoms with Crippen molar-refractivity contribution < 1.29 is 13.9 Å². The SMILES string of the molecule is COc1ccc(CC(C)N)c(OCc2ccc(F)cc2)c1. The van der Waals surface area contributed by atoms with Crippen molar-refractivity contribution in [1.82, 2.24) is 0 Å². The molecule has 3 nitrogen and oxygen atoms in total. The van der Waals surface area contributed by atoms with E-state index in [1.165, 1.54) is 12.1 Å². The first-order valence-corrected chi connectivity index (χ1v) is 6.88. The van der Waals surface area contributed by atoms with Crippen LogP contribution in [0.25, 0.3) is 0 Å². The Kier molecular flexibility index (Phi) is 5.17. The summed E-state index contributed by atoms with van der Waals surface area (Å²) in [6, 6.07) is 12.0. The molecule has 1 atom stereocenters. The third kappa shape index (κ3) is 4.46. The number of rotatable bonds is 6. The molecule has 2 aromatic carbocycles. The van der Waals surface area contributed by atoms with Gasteiger partial charge < -0.3 is 15.2 Å². The van der Waals surface area contributed by atoms with Gasteiger partial charge in [0.15, 0.2) is 0 Å². The van der Waals surface area contributed by atoms with E-state index in [2.05, 4.69) is 0 Å². The molecule has 0 saturated heterocycles. The average molecular weight is 289 g/mol. The number of halogens is 1. The lowest BCUT2D eigenvalue weighted by atomic mass is 10.1. The van der Waals surface area contributed by atoms with Crippen LogP contribution in [0.15, 0.2) is 42.5 Å². The highest BCUT2D eigenvalue weighted by atomic mass is 19.1. The number of nitrogens with two attached hydrogens (primary N) is 1. The summed E-state index contributed by atoms with van der Waals surface area (Å²) in [4.78, 5) is 0. The van der Waals surface area contributed by atoms with E-state index in [1.807, 2.05) is 25.1 Å². The van der Waals surface area contributed by atoms with E-state index in [1.54, 1.807) is 19.2 Å². The van der Waals surface area contributed by atoms with E-state index >= 15 is 0 Å². The Labute approximate surface area is 124 Å². The standard InChI is InChI=1S/C17H20FNO2/c1-12(19)9-14-5-8-16(20-2)10-17(14)21-11-13-3-6-15(18)7-4-13/h3-8,10,12H,9,11,19H2,1-2H3. The molecule has 0 radical (unpaired) electrons. The predicted octanol–water partition coefficient (Wildman–Crippen LogP) is 3.30. The van der Waals surface area contributed by atoms with Gasteiger partial charge in [-0.3, -0.25) is 0 Å². The quantitative estimate of drug-likeness (QED) is 0.887. The van der Waals surface area contributed by atoms with Gasteiger partial charge in [-0.05, 0) is 42.7 Å². The summed E-state index contributed by atoms with van der Waals surface area (Å²) in [5.74, 6) is 1.23. The van der Waals surface area contributed by atoms with Crippen LogP contribution in [0, 0.1) is 5.82 Å². The minimum Gasteiger partial charge on any atom is -0.497 e. The average Bonchev–Trinajstić information content (AvgIpc) is 2.47. The molecule has 21 heavy (non-hydrogen) atoms. The molecule has 4 heteroatoms. The van der Waals surface area contributed by atoms with Crippen LogP contribution < -0.4 is 15.2 Å². The van der Waals surface area contributed by atoms with Gasteiger partial charge in [0, 0.05) is 12.1 Å². The highest BCUT2D eigenvalue weighted by molar-refractivity contribution is 5.41. The molecular weight excluding hydrogens is 269 g/mol. The minimum absolute atomic E-state index is 0.0477. The van der Waals surface area contributed by atoms with Gasteiger partial charge in [-0.2, -0.15) is 0 Å². The Morgan fingerprint density at radius 2 is 1.86 bits per heavy atom. The molecule has 0 aromatic heterocycles.